The first-order valence-electron chi connectivity index (χ1n) is 6.18. The first kappa shape index (κ1) is 14.4. The number of carbonyl (C=O) groups is 1. The Morgan fingerprint density at radius 2 is 1.80 bits per heavy atom. The lowest BCUT2D eigenvalue weighted by molar-refractivity contribution is -0.129. The number of hydrogen-bond donors (Lipinski definition) is 1. The maximum atomic E-state index is 11.3. The van der Waals surface area contributed by atoms with Crippen LogP contribution in [-0.4, -0.2) is 37.0 Å². The number of hydrogen-bond acceptors (Lipinski definition) is 2. The van der Waals surface area contributed by atoms with Gasteiger partial charge in [-0.15, -0.1) is 0 Å². The predicted molar refractivity (Wildman–Crippen MR) is 64.9 cm³/mol. The highest BCUT2D eigenvalue weighted by Gasteiger charge is 2.06. The lowest BCUT2D eigenvalue weighted by Crippen LogP contribution is -2.31. The lowest BCUT2D eigenvalue weighted by Gasteiger charge is -2.20. The third-order valence-electron chi connectivity index (χ3n) is 2.51. The van der Waals surface area contributed by atoms with E-state index >= 15 is 0 Å². The maximum absolute atomic E-state index is 11.3. The number of nitrogens with one attached hydrogen (secondary N) is 1. The van der Waals surface area contributed by atoms with Crippen molar-refractivity contribution in [1.82, 2.24) is 10.2 Å². The summed E-state index contributed by atoms with van der Waals surface area (Å²) in [4.78, 5) is 13.2. The van der Waals surface area contributed by atoms with Gasteiger partial charge in [-0.05, 0) is 32.4 Å². The average Bonchev–Trinajstić information content (AvgIpc) is 2.21. The van der Waals surface area contributed by atoms with E-state index in [9.17, 15) is 4.79 Å². The molecule has 15 heavy (non-hydrogen) atoms. The highest BCUT2D eigenvalue weighted by molar-refractivity contribution is 5.73. The SMILES string of the molecule is CCCCN(CCCCNCC)C(C)=O. The number of rotatable bonds is 9. The van der Waals surface area contributed by atoms with Gasteiger partial charge in [0.05, 0.1) is 0 Å². The van der Waals surface area contributed by atoms with E-state index in [1.165, 1.54) is 0 Å². The topological polar surface area (TPSA) is 32.3 Å². The molecule has 0 saturated heterocycles. The van der Waals surface area contributed by atoms with E-state index in [-0.39, 0.29) is 5.91 Å². The van der Waals surface area contributed by atoms with Crippen molar-refractivity contribution in [3.05, 3.63) is 0 Å². The molecule has 0 aromatic heterocycles. The van der Waals surface area contributed by atoms with Crippen molar-refractivity contribution in [2.45, 2.75) is 46.5 Å². The first-order chi connectivity index (χ1) is 7.22. The monoisotopic (exact) mass is 214 g/mol. The fourth-order valence-electron chi connectivity index (χ4n) is 1.51. The van der Waals surface area contributed by atoms with Crippen molar-refractivity contribution < 1.29 is 4.79 Å². The van der Waals surface area contributed by atoms with Crippen LogP contribution in [0.15, 0.2) is 0 Å². The minimum Gasteiger partial charge on any atom is -0.343 e. The van der Waals surface area contributed by atoms with Gasteiger partial charge in [-0.3, -0.25) is 4.79 Å². The van der Waals surface area contributed by atoms with Gasteiger partial charge in [0.15, 0.2) is 0 Å². The third kappa shape index (κ3) is 8.43. The second kappa shape index (κ2) is 9.97. The lowest BCUT2D eigenvalue weighted by atomic mass is 10.2. The molecule has 0 aliphatic carbocycles. The molecule has 1 amide bonds. The third-order valence-corrected chi connectivity index (χ3v) is 2.51. The molecule has 0 aromatic carbocycles. The fourth-order valence-corrected chi connectivity index (χ4v) is 1.51. The van der Waals surface area contributed by atoms with Crippen LogP contribution >= 0.6 is 0 Å². The van der Waals surface area contributed by atoms with Crippen LogP contribution in [0.25, 0.3) is 0 Å². The quantitative estimate of drug-likeness (QED) is 0.596. The van der Waals surface area contributed by atoms with Gasteiger partial charge < -0.3 is 10.2 Å². The summed E-state index contributed by atoms with van der Waals surface area (Å²) in [6, 6.07) is 0. The van der Waals surface area contributed by atoms with Crippen LogP contribution in [0.2, 0.25) is 0 Å². The summed E-state index contributed by atoms with van der Waals surface area (Å²) < 4.78 is 0. The van der Waals surface area contributed by atoms with Crippen molar-refractivity contribution in [1.29, 1.82) is 0 Å². The molecule has 0 bridgehead atoms. The molecule has 90 valence electrons. The van der Waals surface area contributed by atoms with E-state index in [4.69, 9.17) is 0 Å². The molecule has 3 heteroatoms. The van der Waals surface area contributed by atoms with Crippen molar-refractivity contribution in [2.24, 2.45) is 0 Å². The van der Waals surface area contributed by atoms with Gasteiger partial charge in [0, 0.05) is 20.0 Å². The number of carbonyl (C=O) groups excluding carboxylic acids is 1. The molecule has 0 aliphatic rings. The van der Waals surface area contributed by atoms with E-state index in [1.54, 1.807) is 6.92 Å². The highest BCUT2D eigenvalue weighted by atomic mass is 16.2. The van der Waals surface area contributed by atoms with Crippen molar-refractivity contribution in [3.63, 3.8) is 0 Å². The van der Waals surface area contributed by atoms with Gasteiger partial charge >= 0.3 is 0 Å². The van der Waals surface area contributed by atoms with Crippen LogP contribution in [-0.2, 0) is 4.79 Å². The second-order valence-electron chi connectivity index (χ2n) is 3.92. The molecular weight excluding hydrogens is 188 g/mol. The predicted octanol–water partition coefficient (Wildman–Crippen LogP) is 2.02. The largest absolute Gasteiger partial charge is 0.343 e. The average molecular weight is 214 g/mol. The smallest absolute Gasteiger partial charge is 0.219 e. The molecule has 0 rings (SSSR count). The van der Waals surface area contributed by atoms with E-state index in [1.807, 2.05) is 4.90 Å². The molecule has 0 atom stereocenters. The van der Waals surface area contributed by atoms with Crippen LogP contribution < -0.4 is 5.32 Å². The molecule has 3 nitrogen and oxygen atoms in total. The zero-order chi connectivity index (χ0) is 11.5. The summed E-state index contributed by atoms with van der Waals surface area (Å²) >= 11 is 0. The van der Waals surface area contributed by atoms with Crippen LogP contribution in [0.3, 0.4) is 0 Å². The summed E-state index contributed by atoms with van der Waals surface area (Å²) in [7, 11) is 0. The Kier molecular flexibility index (Phi) is 9.59. The summed E-state index contributed by atoms with van der Waals surface area (Å²) in [6.45, 7) is 9.88. The first-order valence-corrected chi connectivity index (χ1v) is 6.18. The Balaban J connectivity index is 3.53. The van der Waals surface area contributed by atoms with Crippen LogP contribution in [0.5, 0.6) is 0 Å². The van der Waals surface area contributed by atoms with Crippen molar-refractivity contribution >= 4 is 5.91 Å². The van der Waals surface area contributed by atoms with Gasteiger partial charge in [-0.2, -0.15) is 0 Å². The summed E-state index contributed by atoms with van der Waals surface area (Å²) in [5.74, 6) is 0.215. The molecule has 0 aliphatic heterocycles. The Morgan fingerprint density at radius 3 is 2.33 bits per heavy atom. The van der Waals surface area contributed by atoms with Gasteiger partial charge in [-0.1, -0.05) is 20.3 Å². The number of amides is 1. The molecule has 0 fully saturated rings. The highest BCUT2D eigenvalue weighted by Crippen LogP contribution is 1.99. The normalized spacial score (nSPS) is 10.3. The Morgan fingerprint density at radius 1 is 1.13 bits per heavy atom. The van der Waals surface area contributed by atoms with Crippen LogP contribution in [0.4, 0.5) is 0 Å². The van der Waals surface area contributed by atoms with E-state index < -0.39 is 0 Å². The maximum Gasteiger partial charge on any atom is 0.219 e. The van der Waals surface area contributed by atoms with Crippen LogP contribution in [0.1, 0.15) is 46.5 Å². The molecule has 0 aromatic rings. The minimum absolute atomic E-state index is 0.215. The molecule has 1 N–H and O–H groups in total. The standard InChI is InChI=1S/C12H26N2O/c1-4-6-10-14(12(3)15)11-8-7-9-13-5-2/h13H,4-11H2,1-3H3. The molecule has 0 unspecified atom stereocenters. The second-order valence-corrected chi connectivity index (χ2v) is 3.92. The summed E-state index contributed by atoms with van der Waals surface area (Å²) in [5.41, 5.74) is 0. The van der Waals surface area contributed by atoms with Gasteiger partial charge in [0.2, 0.25) is 5.91 Å². The minimum atomic E-state index is 0.215. The summed E-state index contributed by atoms with van der Waals surface area (Å²) in [5, 5.41) is 3.29. The zero-order valence-electron chi connectivity index (χ0n) is 10.5. The Hall–Kier alpha value is -0.570. The van der Waals surface area contributed by atoms with Crippen molar-refractivity contribution in [2.75, 3.05) is 26.2 Å². The number of unbranched alkanes of at least 4 members (excludes halogenated alkanes) is 2. The number of nitrogens with zero attached hydrogens (tertiary/aromatic N) is 1. The van der Waals surface area contributed by atoms with Crippen molar-refractivity contribution in [3.8, 4) is 0 Å². The van der Waals surface area contributed by atoms with Gasteiger partial charge in [0.25, 0.3) is 0 Å². The fraction of sp³-hybridized carbons (Fsp3) is 0.917. The van der Waals surface area contributed by atoms with Crippen LogP contribution in [0, 0.1) is 0 Å². The molecule has 0 saturated carbocycles. The van der Waals surface area contributed by atoms with E-state index in [2.05, 4.69) is 19.2 Å². The zero-order valence-corrected chi connectivity index (χ0v) is 10.5. The molecular formula is C12H26N2O. The Bertz CT molecular complexity index is 160. The molecule has 0 heterocycles. The summed E-state index contributed by atoms with van der Waals surface area (Å²) in [6.07, 6.45) is 4.54. The molecule has 0 radical (unpaired) electrons. The Labute approximate surface area is 94.2 Å². The van der Waals surface area contributed by atoms with Gasteiger partial charge in [0.1, 0.15) is 0 Å². The van der Waals surface area contributed by atoms with E-state index in [0.29, 0.717) is 0 Å². The van der Waals surface area contributed by atoms with E-state index in [0.717, 1.165) is 51.9 Å². The molecule has 0 spiro atoms. The van der Waals surface area contributed by atoms with Gasteiger partial charge in [-0.25, -0.2) is 0 Å².